The predicted molar refractivity (Wildman–Crippen MR) is 62.0 cm³/mol. The highest BCUT2D eigenvalue weighted by molar-refractivity contribution is 8.13. The van der Waals surface area contributed by atoms with Gasteiger partial charge in [-0.15, -0.1) is 0 Å². The van der Waals surface area contributed by atoms with E-state index in [-0.39, 0.29) is 12.4 Å². The molecule has 0 heterocycles. The number of rotatable bonds is 6. The summed E-state index contributed by atoms with van der Waals surface area (Å²) in [5, 5.41) is 0. The molecule has 0 spiro atoms. The number of ether oxygens (including phenoxy) is 1. The van der Waals surface area contributed by atoms with Gasteiger partial charge in [-0.3, -0.25) is 0 Å². The lowest BCUT2D eigenvalue weighted by Crippen LogP contribution is -2.36. The number of alkyl halides is 2. The first kappa shape index (κ1) is 15.1. The van der Waals surface area contributed by atoms with Crippen molar-refractivity contribution in [1.29, 1.82) is 0 Å². The molecular weight excluding hydrogens is 274 g/mol. The van der Waals surface area contributed by atoms with Crippen molar-refractivity contribution in [3.63, 3.8) is 0 Å². The lowest BCUT2D eigenvalue weighted by atomic mass is 9.76. The molecule has 3 nitrogen and oxygen atoms in total. The maximum absolute atomic E-state index is 12.0. The monoisotopic (exact) mass is 290 g/mol. The minimum atomic E-state index is -3.63. The second-order valence-electron chi connectivity index (χ2n) is 4.65. The minimum absolute atomic E-state index is 0.0449. The zero-order chi connectivity index (χ0) is 12.9. The molecule has 0 aromatic carbocycles. The highest BCUT2D eigenvalue weighted by Crippen LogP contribution is 2.38. The van der Waals surface area contributed by atoms with Crippen LogP contribution in [-0.2, 0) is 13.8 Å². The predicted octanol–water partition coefficient (Wildman–Crippen LogP) is 2.79. The summed E-state index contributed by atoms with van der Waals surface area (Å²) in [4.78, 5) is 0. The highest BCUT2D eigenvalue weighted by Gasteiger charge is 2.36. The molecule has 102 valence electrons. The van der Waals surface area contributed by atoms with Crippen LogP contribution in [0.15, 0.2) is 0 Å². The van der Waals surface area contributed by atoms with E-state index in [2.05, 4.69) is 0 Å². The van der Waals surface area contributed by atoms with Crippen molar-refractivity contribution in [3.8, 4) is 0 Å². The molecule has 0 aromatic rings. The fourth-order valence-corrected chi connectivity index (χ4v) is 4.16. The molecule has 1 saturated carbocycles. The van der Waals surface area contributed by atoms with Crippen LogP contribution in [0.25, 0.3) is 0 Å². The van der Waals surface area contributed by atoms with Crippen LogP contribution in [0.3, 0.4) is 0 Å². The van der Waals surface area contributed by atoms with Gasteiger partial charge in [-0.2, -0.15) is 0 Å². The van der Waals surface area contributed by atoms with Crippen molar-refractivity contribution in [2.75, 3.05) is 19.0 Å². The second-order valence-corrected chi connectivity index (χ2v) is 7.43. The van der Waals surface area contributed by atoms with Crippen LogP contribution in [0.1, 0.15) is 32.1 Å². The number of hydrogen-bond donors (Lipinski definition) is 0. The Morgan fingerprint density at radius 1 is 1.24 bits per heavy atom. The van der Waals surface area contributed by atoms with Gasteiger partial charge in [0, 0.05) is 16.1 Å². The third-order valence-electron chi connectivity index (χ3n) is 3.04. The molecule has 0 aromatic heterocycles. The summed E-state index contributed by atoms with van der Waals surface area (Å²) >= 11 is 0. The van der Waals surface area contributed by atoms with E-state index < -0.39 is 27.5 Å². The zero-order valence-electron chi connectivity index (χ0n) is 9.50. The summed E-state index contributed by atoms with van der Waals surface area (Å²) in [6, 6.07) is 0. The summed E-state index contributed by atoms with van der Waals surface area (Å²) in [6.07, 6.45) is 1.64. The van der Waals surface area contributed by atoms with Crippen molar-refractivity contribution in [2.24, 2.45) is 5.41 Å². The molecule has 0 atom stereocenters. The Morgan fingerprint density at radius 2 is 1.82 bits per heavy atom. The van der Waals surface area contributed by atoms with E-state index in [9.17, 15) is 17.2 Å². The average Bonchev–Trinajstić information content (AvgIpc) is 2.15. The number of halogens is 3. The van der Waals surface area contributed by atoms with Gasteiger partial charge in [0.2, 0.25) is 9.05 Å². The van der Waals surface area contributed by atoms with Crippen LogP contribution in [-0.4, -0.2) is 33.8 Å². The van der Waals surface area contributed by atoms with Crippen LogP contribution in [0.4, 0.5) is 8.78 Å². The molecule has 0 N–H and O–H groups in total. The zero-order valence-corrected chi connectivity index (χ0v) is 11.1. The van der Waals surface area contributed by atoms with Gasteiger partial charge in [-0.05, 0) is 12.8 Å². The Balaban J connectivity index is 2.58. The van der Waals surface area contributed by atoms with E-state index in [0.717, 1.165) is 19.3 Å². The lowest BCUT2D eigenvalue weighted by molar-refractivity contribution is -0.0250. The quantitative estimate of drug-likeness (QED) is 0.707. The molecule has 17 heavy (non-hydrogen) atoms. The van der Waals surface area contributed by atoms with Gasteiger partial charge in [0.1, 0.15) is 6.61 Å². The first-order valence-electron chi connectivity index (χ1n) is 5.61. The van der Waals surface area contributed by atoms with E-state index in [1.54, 1.807) is 0 Å². The fraction of sp³-hybridized carbons (Fsp3) is 1.00. The van der Waals surface area contributed by atoms with Gasteiger partial charge >= 0.3 is 0 Å². The molecule has 1 fully saturated rings. The first-order chi connectivity index (χ1) is 7.83. The van der Waals surface area contributed by atoms with Gasteiger partial charge in [-0.25, -0.2) is 17.2 Å². The minimum Gasteiger partial charge on any atom is -0.375 e. The van der Waals surface area contributed by atoms with Crippen molar-refractivity contribution in [3.05, 3.63) is 0 Å². The Labute approximate surface area is 105 Å². The molecular formula is C10H17ClF2O3S. The van der Waals surface area contributed by atoms with E-state index in [4.69, 9.17) is 15.4 Å². The van der Waals surface area contributed by atoms with Gasteiger partial charge in [-0.1, -0.05) is 19.3 Å². The average molecular weight is 291 g/mol. The summed E-state index contributed by atoms with van der Waals surface area (Å²) in [7, 11) is 1.64. The molecule has 0 aliphatic heterocycles. The Bertz CT molecular complexity index is 326. The topological polar surface area (TPSA) is 43.4 Å². The maximum Gasteiger partial charge on any atom is 0.261 e. The smallest absolute Gasteiger partial charge is 0.261 e. The maximum atomic E-state index is 12.0. The second kappa shape index (κ2) is 6.29. The lowest BCUT2D eigenvalue weighted by Gasteiger charge is -2.35. The van der Waals surface area contributed by atoms with Crippen LogP contribution in [0.2, 0.25) is 0 Å². The summed E-state index contributed by atoms with van der Waals surface area (Å²) < 4.78 is 51.2. The summed E-state index contributed by atoms with van der Waals surface area (Å²) in [6.45, 7) is -0.604. The van der Waals surface area contributed by atoms with E-state index in [1.165, 1.54) is 0 Å². The van der Waals surface area contributed by atoms with Crippen molar-refractivity contribution < 1.29 is 21.9 Å². The Morgan fingerprint density at radius 3 is 2.29 bits per heavy atom. The van der Waals surface area contributed by atoms with Crippen LogP contribution in [0.5, 0.6) is 0 Å². The molecule has 1 aliphatic rings. The van der Waals surface area contributed by atoms with Crippen LogP contribution < -0.4 is 0 Å². The molecule has 0 unspecified atom stereocenters. The van der Waals surface area contributed by atoms with E-state index in [1.807, 2.05) is 0 Å². The normalized spacial score (nSPS) is 20.7. The number of hydrogen-bond acceptors (Lipinski definition) is 3. The summed E-state index contributed by atoms with van der Waals surface area (Å²) in [5.41, 5.74) is -0.576. The van der Waals surface area contributed by atoms with Crippen molar-refractivity contribution >= 4 is 19.7 Å². The standard InChI is InChI=1S/C10H17ClF2O3S/c11-17(14,15)8-10(4-2-1-3-5-10)7-16-6-9(12)13/h9H,1-8H2. The SMILES string of the molecule is O=S(=O)(Cl)CC1(COCC(F)F)CCCCC1. The Kier molecular flexibility index (Phi) is 5.60. The molecule has 0 radical (unpaired) electrons. The fourth-order valence-electron chi connectivity index (χ4n) is 2.36. The van der Waals surface area contributed by atoms with Crippen molar-refractivity contribution in [2.45, 2.75) is 38.5 Å². The van der Waals surface area contributed by atoms with Crippen LogP contribution >= 0.6 is 10.7 Å². The van der Waals surface area contributed by atoms with Crippen molar-refractivity contribution in [1.82, 2.24) is 0 Å². The molecule has 1 aliphatic carbocycles. The molecule has 0 bridgehead atoms. The van der Waals surface area contributed by atoms with Gasteiger partial charge in [0.15, 0.2) is 0 Å². The first-order valence-corrected chi connectivity index (χ1v) is 8.09. The van der Waals surface area contributed by atoms with E-state index in [0.29, 0.717) is 12.8 Å². The Hall–Kier alpha value is 0.0600. The largest absolute Gasteiger partial charge is 0.375 e. The van der Waals surface area contributed by atoms with Crippen LogP contribution in [0, 0.1) is 5.41 Å². The molecule has 0 amide bonds. The van der Waals surface area contributed by atoms with Gasteiger partial charge in [0.05, 0.1) is 12.4 Å². The highest BCUT2D eigenvalue weighted by atomic mass is 35.7. The van der Waals surface area contributed by atoms with Gasteiger partial charge in [0.25, 0.3) is 6.43 Å². The molecule has 7 heteroatoms. The summed E-state index contributed by atoms with van der Waals surface area (Å²) in [5.74, 6) is -0.190. The van der Waals surface area contributed by atoms with E-state index >= 15 is 0 Å². The van der Waals surface area contributed by atoms with Gasteiger partial charge < -0.3 is 4.74 Å². The third kappa shape index (κ3) is 5.97. The molecule has 0 saturated heterocycles. The molecule has 1 rings (SSSR count). The third-order valence-corrected chi connectivity index (χ3v) is 4.33.